The maximum absolute atomic E-state index is 13.2. The number of rotatable bonds is 4. The van der Waals surface area contributed by atoms with Crippen molar-refractivity contribution in [1.82, 2.24) is 10.2 Å². The molecule has 0 radical (unpaired) electrons. The molecular formula is C13H17ClFN3S. The molecular weight excluding hydrogens is 285 g/mol. The molecule has 1 heterocycles. The zero-order valence-corrected chi connectivity index (χ0v) is 12.4. The van der Waals surface area contributed by atoms with Gasteiger partial charge in [0.05, 0.1) is 18.4 Å². The quantitative estimate of drug-likeness (QED) is 0.861. The molecule has 0 atom stereocenters. The van der Waals surface area contributed by atoms with Crippen LogP contribution < -0.4 is 10.2 Å². The molecule has 1 aromatic rings. The molecule has 0 bridgehead atoms. The highest BCUT2D eigenvalue weighted by Crippen LogP contribution is 2.24. The molecule has 0 amide bonds. The lowest BCUT2D eigenvalue weighted by atomic mass is 10.2. The molecule has 0 saturated carbocycles. The third-order valence-electron chi connectivity index (χ3n) is 3.08. The van der Waals surface area contributed by atoms with E-state index in [1.807, 2.05) is 4.90 Å². The van der Waals surface area contributed by atoms with Crippen molar-refractivity contribution in [3.8, 4) is 0 Å². The predicted molar refractivity (Wildman–Crippen MR) is 81.0 cm³/mol. The molecule has 1 aromatic carbocycles. The van der Waals surface area contributed by atoms with Crippen LogP contribution in [0, 0.1) is 5.82 Å². The van der Waals surface area contributed by atoms with Crippen molar-refractivity contribution >= 4 is 34.6 Å². The second kappa shape index (κ2) is 6.50. The molecule has 6 heteroatoms. The first kappa shape index (κ1) is 14.5. The zero-order chi connectivity index (χ0) is 13.8. The highest BCUT2D eigenvalue weighted by Gasteiger charge is 2.21. The third-order valence-corrected chi connectivity index (χ3v) is 3.74. The van der Waals surface area contributed by atoms with Gasteiger partial charge < -0.3 is 10.2 Å². The molecule has 1 aliphatic heterocycles. The third kappa shape index (κ3) is 3.55. The van der Waals surface area contributed by atoms with Gasteiger partial charge >= 0.3 is 0 Å². The van der Waals surface area contributed by atoms with Gasteiger partial charge in [0.15, 0.2) is 5.11 Å². The second-order valence-electron chi connectivity index (χ2n) is 4.56. The van der Waals surface area contributed by atoms with Gasteiger partial charge in [-0.3, -0.25) is 4.90 Å². The number of nitrogens with zero attached hydrogens (tertiary/aromatic N) is 2. The highest BCUT2D eigenvalue weighted by molar-refractivity contribution is 7.80. The molecule has 3 nitrogen and oxygen atoms in total. The van der Waals surface area contributed by atoms with Gasteiger partial charge in [-0.1, -0.05) is 24.9 Å². The largest absolute Gasteiger partial charge is 0.349 e. The van der Waals surface area contributed by atoms with Crippen LogP contribution in [0.15, 0.2) is 18.2 Å². The molecule has 0 spiro atoms. The van der Waals surface area contributed by atoms with Gasteiger partial charge in [-0.15, -0.1) is 0 Å². The minimum Gasteiger partial charge on any atom is -0.349 e. The van der Waals surface area contributed by atoms with E-state index in [4.69, 9.17) is 23.8 Å². The van der Waals surface area contributed by atoms with E-state index in [0.717, 1.165) is 31.7 Å². The Morgan fingerprint density at radius 1 is 1.47 bits per heavy atom. The summed E-state index contributed by atoms with van der Waals surface area (Å²) in [5.41, 5.74) is 0.810. The van der Waals surface area contributed by atoms with Crippen LogP contribution in [0.3, 0.4) is 0 Å². The van der Waals surface area contributed by atoms with Gasteiger partial charge in [0.2, 0.25) is 0 Å². The van der Waals surface area contributed by atoms with Gasteiger partial charge in [-0.25, -0.2) is 4.39 Å². The molecule has 104 valence electrons. The molecule has 1 saturated heterocycles. The summed E-state index contributed by atoms with van der Waals surface area (Å²) in [4.78, 5) is 4.19. The van der Waals surface area contributed by atoms with Crippen LogP contribution in [-0.4, -0.2) is 29.9 Å². The van der Waals surface area contributed by atoms with E-state index in [2.05, 4.69) is 17.1 Å². The Labute approximate surface area is 123 Å². The number of hydrogen-bond acceptors (Lipinski definition) is 2. The summed E-state index contributed by atoms with van der Waals surface area (Å²) >= 11 is 11.1. The smallest absolute Gasteiger partial charge is 0.175 e. The van der Waals surface area contributed by atoms with Gasteiger partial charge in [0, 0.05) is 12.2 Å². The summed E-state index contributed by atoms with van der Waals surface area (Å²) in [6.07, 6.45) is 2.30. The Kier molecular flexibility index (Phi) is 4.96. The summed E-state index contributed by atoms with van der Waals surface area (Å²) < 4.78 is 13.2. The van der Waals surface area contributed by atoms with Gasteiger partial charge in [0.1, 0.15) is 5.82 Å². The number of anilines is 1. The predicted octanol–water partition coefficient (Wildman–Crippen LogP) is 3.19. The first-order valence-electron chi connectivity index (χ1n) is 6.34. The van der Waals surface area contributed by atoms with E-state index < -0.39 is 5.82 Å². The van der Waals surface area contributed by atoms with E-state index in [1.165, 1.54) is 6.07 Å². The van der Waals surface area contributed by atoms with Crippen molar-refractivity contribution in [3.05, 3.63) is 29.0 Å². The van der Waals surface area contributed by atoms with Crippen LogP contribution in [0.1, 0.15) is 19.8 Å². The fourth-order valence-corrected chi connectivity index (χ4v) is 2.37. The summed E-state index contributed by atoms with van der Waals surface area (Å²) in [6, 6.07) is 4.66. The van der Waals surface area contributed by atoms with Crippen molar-refractivity contribution in [1.29, 1.82) is 0 Å². The molecule has 1 fully saturated rings. The van der Waals surface area contributed by atoms with Gasteiger partial charge in [-0.2, -0.15) is 0 Å². The number of hydrogen-bond donors (Lipinski definition) is 1. The van der Waals surface area contributed by atoms with Crippen LogP contribution in [0.25, 0.3) is 0 Å². The summed E-state index contributed by atoms with van der Waals surface area (Å²) in [5.74, 6) is -0.413. The Hall–Kier alpha value is -0.910. The molecule has 1 aliphatic rings. The van der Waals surface area contributed by atoms with E-state index >= 15 is 0 Å². The second-order valence-corrected chi connectivity index (χ2v) is 5.35. The van der Waals surface area contributed by atoms with Crippen LogP contribution in [0.4, 0.5) is 10.1 Å². The summed E-state index contributed by atoms with van der Waals surface area (Å²) in [6.45, 7) is 4.63. The summed E-state index contributed by atoms with van der Waals surface area (Å²) in [7, 11) is 0. The lowest BCUT2D eigenvalue weighted by Gasteiger charge is -2.38. The van der Waals surface area contributed by atoms with Crippen LogP contribution >= 0.6 is 23.8 Å². The van der Waals surface area contributed by atoms with E-state index in [1.54, 1.807) is 12.1 Å². The fraction of sp³-hybridized carbons (Fsp3) is 0.462. The Morgan fingerprint density at radius 3 is 2.95 bits per heavy atom. The normalized spacial score (nSPS) is 16.6. The van der Waals surface area contributed by atoms with E-state index in [9.17, 15) is 4.39 Å². The van der Waals surface area contributed by atoms with Gasteiger partial charge in [-0.05, 0) is 36.8 Å². The monoisotopic (exact) mass is 301 g/mol. The number of halogens is 2. The van der Waals surface area contributed by atoms with Crippen LogP contribution in [0.5, 0.6) is 0 Å². The first-order chi connectivity index (χ1) is 9.11. The molecule has 1 N–H and O–H groups in total. The molecule has 19 heavy (non-hydrogen) atoms. The number of nitrogens with one attached hydrogen (secondary N) is 1. The highest BCUT2D eigenvalue weighted by atomic mass is 35.5. The Bertz CT molecular complexity index is 469. The van der Waals surface area contributed by atoms with Crippen molar-refractivity contribution in [3.63, 3.8) is 0 Å². The minimum atomic E-state index is -0.413. The summed E-state index contributed by atoms with van der Waals surface area (Å²) in [5, 5.41) is 3.94. The average Bonchev–Trinajstić information content (AvgIpc) is 2.41. The number of thiocarbonyl (C=S) groups is 1. The molecule has 0 unspecified atom stereocenters. The Balaban J connectivity index is 2.11. The van der Waals surface area contributed by atoms with E-state index in [-0.39, 0.29) is 5.02 Å². The topological polar surface area (TPSA) is 18.5 Å². The zero-order valence-electron chi connectivity index (χ0n) is 10.8. The average molecular weight is 302 g/mol. The maximum atomic E-state index is 13.2. The van der Waals surface area contributed by atoms with Crippen LogP contribution in [-0.2, 0) is 0 Å². The molecule has 0 aromatic heterocycles. The van der Waals surface area contributed by atoms with Gasteiger partial charge in [0.25, 0.3) is 0 Å². The van der Waals surface area contributed by atoms with Crippen LogP contribution in [0.2, 0.25) is 5.02 Å². The van der Waals surface area contributed by atoms with E-state index in [0.29, 0.717) is 11.8 Å². The van der Waals surface area contributed by atoms with Crippen molar-refractivity contribution in [2.24, 2.45) is 0 Å². The van der Waals surface area contributed by atoms with Crippen molar-refractivity contribution < 1.29 is 4.39 Å². The number of unbranched alkanes of at least 4 members (excludes halogenated alkanes) is 1. The molecule has 2 rings (SSSR count). The number of benzene rings is 1. The SMILES string of the molecule is CCCCN1CNC(=S)N(c2ccc(F)c(Cl)c2)C1. The molecule has 0 aliphatic carbocycles. The lowest BCUT2D eigenvalue weighted by Crippen LogP contribution is -2.56. The first-order valence-corrected chi connectivity index (χ1v) is 7.13. The Morgan fingerprint density at radius 2 is 2.26 bits per heavy atom. The fourth-order valence-electron chi connectivity index (χ4n) is 1.97. The minimum absolute atomic E-state index is 0.117. The van der Waals surface area contributed by atoms with Crippen molar-refractivity contribution in [2.45, 2.75) is 19.8 Å². The standard InChI is InChI=1S/C13H17ClFN3S/c1-2-3-6-17-8-16-13(19)18(9-17)10-4-5-12(15)11(14)7-10/h4-5,7H,2-3,6,8-9H2,1H3,(H,16,19). The lowest BCUT2D eigenvalue weighted by molar-refractivity contribution is 0.257. The maximum Gasteiger partial charge on any atom is 0.175 e. The van der Waals surface area contributed by atoms with Crippen molar-refractivity contribution in [2.75, 3.05) is 24.8 Å².